The molecule has 2 aromatic heterocycles. The van der Waals surface area contributed by atoms with Gasteiger partial charge >= 0.3 is 0 Å². The van der Waals surface area contributed by atoms with Crippen LogP contribution in [0.1, 0.15) is 37.4 Å². The summed E-state index contributed by atoms with van der Waals surface area (Å²) in [6.07, 6.45) is 7.04. The fourth-order valence-corrected chi connectivity index (χ4v) is 4.98. The Morgan fingerprint density at radius 1 is 1.27 bits per heavy atom. The lowest BCUT2D eigenvalue weighted by atomic mass is 9.96. The first-order chi connectivity index (χ1) is 10.8. The van der Waals surface area contributed by atoms with Crippen LogP contribution in [-0.4, -0.2) is 50.6 Å². The number of thioether (sulfide) groups is 1. The highest BCUT2D eigenvalue weighted by Crippen LogP contribution is 2.33. The van der Waals surface area contributed by atoms with Crippen LogP contribution in [0, 0.1) is 0 Å². The summed E-state index contributed by atoms with van der Waals surface area (Å²) in [5.74, 6) is 3.19. The molecule has 5 heteroatoms. The average molecular weight is 316 g/mol. The van der Waals surface area contributed by atoms with Crippen molar-refractivity contribution in [1.82, 2.24) is 19.4 Å². The van der Waals surface area contributed by atoms with Gasteiger partial charge in [-0.2, -0.15) is 11.8 Å². The van der Waals surface area contributed by atoms with E-state index in [1.165, 1.54) is 50.4 Å². The number of piperidine rings is 1. The molecule has 1 unspecified atom stereocenters. The number of hydrogen-bond donors (Lipinski definition) is 0. The number of aromatic nitrogens is 3. The van der Waals surface area contributed by atoms with Gasteiger partial charge in [0.2, 0.25) is 0 Å². The van der Waals surface area contributed by atoms with Gasteiger partial charge in [-0.3, -0.25) is 0 Å². The molecule has 22 heavy (non-hydrogen) atoms. The van der Waals surface area contributed by atoms with Gasteiger partial charge in [0, 0.05) is 23.9 Å². The molecule has 0 aromatic carbocycles. The number of imidazole rings is 1. The van der Waals surface area contributed by atoms with Crippen molar-refractivity contribution in [2.24, 2.45) is 0 Å². The summed E-state index contributed by atoms with van der Waals surface area (Å²) < 4.78 is 2.44. The van der Waals surface area contributed by atoms with Gasteiger partial charge in [0.15, 0.2) is 5.65 Å². The summed E-state index contributed by atoms with van der Waals surface area (Å²) in [5, 5.41) is 0.740. The van der Waals surface area contributed by atoms with Gasteiger partial charge in [0.25, 0.3) is 0 Å². The molecule has 0 aliphatic carbocycles. The normalized spacial score (nSPS) is 24.3. The largest absolute Gasteiger partial charge is 0.311 e. The van der Waals surface area contributed by atoms with Crippen LogP contribution in [0.4, 0.5) is 0 Å². The summed E-state index contributed by atoms with van der Waals surface area (Å²) in [4.78, 5) is 12.0. The van der Waals surface area contributed by atoms with E-state index in [1.54, 1.807) is 0 Å². The molecular weight excluding hydrogens is 292 g/mol. The summed E-state index contributed by atoms with van der Waals surface area (Å²) >= 11 is 2.12. The smallest absolute Gasteiger partial charge is 0.160 e. The minimum absolute atomic E-state index is 0.594. The van der Waals surface area contributed by atoms with E-state index in [0.717, 1.165) is 23.0 Å². The molecule has 0 radical (unpaired) electrons. The molecule has 118 valence electrons. The van der Waals surface area contributed by atoms with Crippen LogP contribution >= 0.6 is 11.8 Å². The molecule has 2 saturated heterocycles. The van der Waals surface area contributed by atoms with E-state index in [4.69, 9.17) is 4.98 Å². The number of fused-ring (bicyclic) bond motifs is 1. The van der Waals surface area contributed by atoms with E-state index >= 15 is 0 Å². The van der Waals surface area contributed by atoms with E-state index in [0.29, 0.717) is 5.92 Å². The summed E-state index contributed by atoms with van der Waals surface area (Å²) in [7, 11) is 2.22. The molecular formula is C17H24N4S. The lowest BCUT2D eigenvalue weighted by molar-refractivity contribution is 0.249. The van der Waals surface area contributed by atoms with Crippen molar-refractivity contribution < 1.29 is 0 Å². The van der Waals surface area contributed by atoms with Crippen molar-refractivity contribution in [1.29, 1.82) is 0 Å². The Hall–Kier alpha value is -1.07. The Kier molecular flexibility index (Phi) is 4.09. The molecule has 1 atom stereocenters. The minimum atomic E-state index is 0.594. The Labute approximate surface area is 136 Å². The Morgan fingerprint density at radius 2 is 2.14 bits per heavy atom. The fraction of sp³-hybridized carbons (Fsp3) is 0.647. The van der Waals surface area contributed by atoms with Gasteiger partial charge in [-0.1, -0.05) is 0 Å². The number of rotatable bonds is 3. The second-order valence-corrected chi connectivity index (χ2v) is 8.05. The monoisotopic (exact) mass is 316 g/mol. The maximum Gasteiger partial charge on any atom is 0.160 e. The van der Waals surface area contributed by atoms with Crippen molar-refractivity contribution in [2.45, 2.75) is 43.4 Å². The van der Waals surface area contributed by atoms with E-state index in [-0.39, 0.29) is 0 Å². The third kappa shape index (κ3) is 2.76. The van der Waals surface area contributed by atoms with E-state index < -0.39 is 0 Å². The summed E-state index contributed by atoms with van der Waals surface area (Å²) in [6, 6.07) is 4.11. The molecule has 0 amide bonds. The van der Waals surface area contributed by atoms with Crippen LogP contribution < -0.4 is 0 Å². The van der Waals surface area contributed by atoms with Crippen LogP contribution in [-0.2, 0) is 6.54 Å². The van der Waals surface area contributed by atoms with E-state index in [1.807, 2.05) is 12.3 Å². The zero-order chi connectivity index (χ0) is 14.9. The van der Waals surface area contributed by atoms with Gasteiger partial charge in [-0.15, -0.1) is 0 Å². The standard InChI is InChI=1S/C17H24N4S/c1-20-9-6-13(7-10-20)16-19-15-5-2-8-18-17(15)21(16)12-14-4-3-11-22-14/h2,5,8,13-14H,3-4,6-7,9-12H2,1H3. The van der Waals surface area contributed by atoms with Crippen molar-refractivity contribution in [3.63, 3.8) is 0 Å². The minimum Gasteiger partial charge on any atom is -0.311 e. The Morgan fingerprint density at radius 3 is 2.91 bits per heavy atom. The Balaban J connectivity index is 1.69. The third-order valence-electron chi connectivity index (χ3n) is 5.03. The number of nitrogens with zero attached hydrogens (tertiary/aromatic N) is 4. The summed E-state index contributed by atoms with van der Waals surface area (Å²) in [6.45, 7) is 3.44. The van der Waals surface area contributed by atoms with Gasteiger partial charge in [0.05, 0.1) is 0 Å². The van der Waals surface area contributed by atoms with Gasteiger partial charge in [-0.05, 0) is 63.7 Å². The molecule has 2 aromatic rings. The molecule has 4 rings (SSSR count). The second kappa shape index (κ2) is 6.20. The highest BCUT2D eigenvalue weighted by Gasteiger charge is 2.26. The SMILES string of the molecule is CN1CCC(c2nc3cccnc3n2CC2CCCS2)CC1. The number of hydrogen-bond acceptors (Lipinski definition) is 4. The average Bonchev–Trinajstić information content (AvgIpc) is 3.17. The predicted molar refractivity (Wildman–Crippen MR) is 92.5 cm³/mol. The maximum absolute atomic E-state index is 4.98. The lowest BCUT2D eigenvalue weighted by Crippen LogP contribution is -2.30. The number of likely N-dealkylation sites (tertiary alicyclic amines) is 1. The third-order valence-corrected chi connectivity index (χ3v) is 6.41. The van der Waals surface area contributed by atoms with Crippen LogP contribution in [0.15, 0.2) is 18.3 Å². The second-order valence-electron chi connectivity index (χ2n) is 6.64. The topological polar surface area (TPSA) is 34.0 Å². The fourth-order valence-electron chi connectivity index (χ4n) is 3.73. The van der Waals surface area contributed by atoms with Gasteiger partial charge < -0.3 is 9.47 Å². The predicted octanol–water partition coefficient (Wildman–Crippen LogP) is 3.14. The van der Waals surface area contributed by atoms with Crippen molar-refractivity contribution in [3.8, 4) is 0 Å². The van der Waals surface area contributed by atoms with E-state index in [2.05, 4.69) is 39.3 Å². The van der Waals surface area contributed by atoms with Crippen LogP contribution in [0.2, 0.25) is 0 Å². The van der Waals surface area contributed by atoms with Gasteiger partial charge in [0.1, 0.15) is 11.3 Å². The molecule has 4 heterocycles. The molecule has 2 aliphatic heterocycles. The maximum atomic E-state index is 4.98. The highest BCUT2D eigenvalue weighted by atomic mass is 32.2. The molecule has 0 N–H and O–H groups in total. The highest BCUT2D eigenvalue weighted by molar-refractivity contribution is 8.00. The van der Waals surface area contributed by atoms with Crippen LogP contribution in [0.25, 0.3) is 11.2 Å². The van der Waals surface area contributed by atoms with Crippen molar-refractivity contribution in [2.75, 3.05) is 25.9 Å². The van der Waals surface area contributed by atoms with E-state index in [9.17, 15) is 0 Å². The molecule has 0 spiro atoms. The first-order valence-electron chi connectivity index (χ1n) is 8.42. The zero-order valence-electron chi connectivity index (χ0n) is 13.2. The van der Waals surface area contributed by atoms with Crippen molar-refractivity contribution in [3.05, 3.63) is 24.2 Å². The molecule has 0 bridgehead atoms. The first kappa shape index (κ1) is 14.5. The van der Waals surface area contributed by atoms with Crippen LogP contribution in [0.5, 0.6) is 0 Å². The quantitative estimate of drug-likeness (QED) is 0.871. The molecule has 4 nitrogen and oxygen atoms in total. The Bertz CT molecular complexity index is 639. The zero-order valence-corrected chi connectivity index (χ0v) is 14.1. The van der Waals surface area contributed by atoms with Gasteiger partial charge in [-0.25, -0.2) is 9.97 Å². The summed E-state index contributed by atoms with van der Waals surface area (Å²) in [5.41, 5.74) is 2.16. The molecule has 2 aliphatic rings. The van der Waals surface area contributed by atoms with Crippen LogP contribution in [0.3, 0.4) is 0 Å². The number of pyridine rings is 1. The molecule has 0 saturated carbocycles. The molecule has 2 fully saturated rings. The lowest BCUT2D eigenvalue weighted by Gasteiger charge is -2.29. The first-order valence-corrected chi connectivity index (χ1v) is 9.47. The van der Waals surface area contributed by atoms with Crippen molar-refractivity contribution >= 4 is 22.9 Å².